The zero-order valence-corrected chi connectivity index (χ0v) is 27.6. The highest BCUT2D eigenvalue weighted by Crippen LogP contribution is 2.75. The van der Waals surface area contributed by atoms with E-state index in [0.717, 1.165) is 63.4 Å². The first-order chi connectivity index (χ1) is 20.2. The second-order valence-electron chi connectivity index (χ2n) is 16.6. The molecule has 1 aromatic carbocycles. The first-order valence-electron chi connectivity index (χ1n) is 17.1. The summed E-state index contributed by atoms with van der Waals surface area (Å²) in [4.78, 5) is 25.9. The minimum Gasteiger partial charge on any atom is -0.481 e. The van der Waals surface area contributed by atoms with Gasteiger partial charge in [0.25, 0.3) is 0 Å². The van der Waals surface area contributed by atoms with E-state index in [2.05, 4.69) is 54.5 Å². The number of rotatable bonds is 4. The van der Waals surface area contributed by atoms with E-state index >= 15 is 0 Å². The van der Waals surface area contributed by atoms with Gasteiger partial charge in [0.1, 0.15) is 6.10 Å². The molecule has 4 saturated carbocycles. The molecule has 10 unspecified atom stereocenters. The number of carboxylic acid groups (broad SMARTS) is 1. The molecule has 234 valence electrons. The third-order valence-electron chi connectivity index (χ3n) is 14.8. The topological polar surface area (TPSA) is 63.6 Å². The lowest BCUT2D eigenvalue weighted by atomic mass is 9.33. The lowest BCUT2D eigenvalue weighted by Gasteiger charge is -2.71. The number of hydrogen-bond acceptors (Lipinski definition) is 3. The number of hydrogen-bond donors (Lipinski definition) is 1. The Balaban J connectivity index is 1.28. The van der Waals surface area contributed by atoms with Crippen LogP contribution in [-0.4, -0.2) is 23.1 Å². The summed E-state index contributed by atoms with van der Waals surface area (Å²) in [5, 5.41) is 10.7. The maximum absolute atomic E-state index is 13.0. The van der Waals surface area contributed by atoms with Crippen LogP contribution in [0, 0.1) is 56.7 Å². The van der Waals surface area contributed by atoms with Crippen molar-refractivity contribution in [2.75, 3.05) is 0 Å². The quantitative estimate of drug-likeness (QED) is 0.217. The van der Waals surface area contributed by atoms with E-state index in [1.807, 2.05) is 36.4 Å². The molecule has 4 nitrogen and oxygen atoms in total. The first kappa shape index (κ1) is 30.7. The van der Waals surface area contributed by atoms with E-state index in [9.17, 15) is 14.7 Å². The Morgan fingerprint density at radius 2 is 1.60 bits per heavy atom. The molecule has 0 saturated heterocycles. The molecule has 4 fully saturated rings. The molecule has 0 aliphatic heterocycles. The van der Waals surface area contributed by atoms with Crippen LogP contribution in [0.2, 0.25) is 0 Å². The predicted molar refractivity (Wildman–Crippen MR) is 172 cm³/mol. The maximum atomic E-state index is 13.0. The third-order valence-corrected chi connectivity index (χ3v) is 14.8. The fraction of sp³-hybridized carbons (Fsp3) is 0.692. The Labute approximate surface area is 259 Å². The normalized spacial score (nSPS) is 45.1. The Morgan fingerprint density at radius 1 is 0.884 bits per heavy atom. The van der Waals surface area contributed by atoms with Crippen molar-refractivity contribution >= 4 is 18.0 Å². The van der Waals surface area contributed by atoms with E-state index < -0.39 is 11.4 Å². The van der Waals surface area contributed by atoms with E-state index in [1.165, 1.54) is 5.57 Å². The van der Waals surface area contributed by atoms with Crippen molar-refractivity contribution in [3.05, 3.63) is 53.6 Å². The molecule has 0 heterocycles. The number of esters is 1. The summed E-state index contributed by atoms with van der Waals surface area (Å²) in [6.45, 7) is 17.0. The molecule has 0 spiro atoms. The zero-order valence-electron chi connectivity index (χ0n) is 27.6. The number of carboxylic acids is 1. The van der Waals surface area contributed by atoms with Crippen LogP contribution in [0.5, 0.6) is 0 Å². The van der Waals surface area contributed by atoms with Crippen LogP contribution >= 0.6 is 0 Å². The first-order valence-corrected chi connectivity index (χ1v) is 17.1. The van der Waals surface area contributed by atoms with E-state index in [1.54, 1.807) is 6.08 Å². The van der Waals surface area contributed by atoms with Gasteiger partial charge in [-0.15, -0.1) is 0 Å². The van der Waals surface area contributed by atoms with E-state index in [4.69, 9.17) is 4.74 Å². The Hall–Kier alpha value is -2.36. The smallest absolute Gasteiger partial charge is 0.331 e. The van der Waals surface area contributed by atoms with Crippen molar-refractivity contribution in [2.45, 2.75) is 112 Å². The Kier molecular flexibility index (Phi) is 7.38. The molecule has 10 atom stereocenters. The van der Waals surface area contributed by atoms with Gasteiger partial charge in [0.2, 0.25) is 0 Å². The number of carbonyl (C=O) groups excluding carboxylic acids is 1. The van der Waals surface area contributed by atoms with E-state index in [0.29, 0.717) is 23.7 Å². The number of ether oxygens (including phenoxy) is 1. The molecule has 4 heteroatoms. The SMILES string of the molecule is CC1CCC2(C(=O)O)CCC3(C)C(=CCC4C5(C)CCC(OC(=O)/C=C/c6ccccc6)C(C)(C)C5CCC43C)C2C1C. The summed E-state index contributed by atoms with van der Waals surface area (Å²) >= 11 is 0. The highest BCUT2D eigenvalue weighted by atomic mass is 16.5. The number of fused-ring (bicyclic) bond motifs is 7. The lowest BCUT2D eigenvalue weighted by molar-refractivity contribution is -0.213. The molecule has 0 bridgehead atoms. The van der Waals surface area contributed by atoms with Crippen LogP contribution < -0.4 is 0 Å². The number of carbonyl (C=O) groups is 2. The van der Waals surface area contributed by atoms with Gasteiger partial charge in [-0.2, -0.15) is 0 Å². The van der Waals surface area contributed by atoms with Crippen molar-refractivity contribution in [3.8, 4) is 0 Å². The van der Waals surface area contributed by atoms with Gasteiger partial charge in [0, 0.05) is 11.5 Å². The minimum atomic E-state index is -0.597. The molecule has 0 aromatic heterocycles. The fourth-order valence-electron chi connectivity index (χ4n) is 12.0. The number of aliphatic carboxylic acids is 1. The van der Waals surface area contributed by atoms with Gasteiger partial charge in [0.05, 0.1) is 5.41 Å². The largest absolute Gasteiger partial charge is 0.481 e. The number of allylic oxidation sites excluding steroid dienone is 2. The minimum absolute atomic E-state index is 0.0223. The molecule has 1 N–H and O–H groups in total. The summed E-state index contributed by atoms with van der Waals surface area (Å²) < 4.78 is 6.21. The van der Waals surface area contributed by atoms with Crippen molar-refractivity contribution < 1.29 is 19.4 Å². The van der Waals surface area contributed by atoms with Gasteiger partial charge >= 0.3 is 11.9 Å². The second-order valence-corrected chi connectivity index (χ2v) is 16.6. The average molecular weight is 587 g/mol. The molecule has 1 aromatic rings. The summed E-state index contributed by atoms with van der Waals surface area (Å²) in [6, 6.07) is 9.91. The summed E-state index contributed by atoms with van der Waals surface area (Å²) in [5.74, 6) is 1.29. The zero-order chi connectivity index (χ0) is 31.0. The molecule has 5 aliphatic rings. The van der Waals surface area contributed by atoms with Gasteiger partial charge in [0.15, 0.2) is 0 Å². The lowest BCUT2D eigenvalue weighted by Crippen LogP contribution is -2.65. The van der Waals surface area contributed by atoms with Crippen LogP contribution in [0.3, 0.4) is 0 Å². The number of benzene rings is 1. The highest BCUT2D eigenvalue weighted by molar-refractivity contribution is 5.87. The fourth-order valence-corrected chi connectivity index (χ4v) is 12.0. The molecule has 5 aliphatic carbocycles. The maximum Gasteiger partial charge on any atom is 0.331 e. The monoisotopic (exact) mass is 586 g/mol. The summed E-state index contributed by atoms with van der Waals surface area (Å²) in [6.07, 6.45) is 14.8. The molecular weight excluding hydrogens is 532 g/mol. The highest BCUT2D eigenvalue weighted by Gasteiger charge is 2.69. The van der Waals surface area contributed by atoms with Gasteiger partial charge in [-0.25, -0.2) is 4.79 Å². The molecule has 43 heavy (non-hydrogen) atoms. The molecule has 0 amide bonds. The van der Waals surface area contributed by atoms with Crippen LogP contribution in [0.1, 0.15) is 112 Å². The van der Waals surface area contributed by atoms with Crippen molar-refractivity contribution in [3.63, 3.8) is 0 Å². The van der Waals surface area contributed by atoms with Gasteiger partial charge in [-0.3, -0.25) is 4.79 Å². The van der Waals surface area contributed by atoms with Crippen molar-refractivity contribution in [1.29, 1.82) is 0 Å². The van der Waals surface area contributed by atoms with Crippen LogP contribution in [0.15, 0.2) is 48.1 Å². The Morgan fingerprint density at radius 3 is 2.30 bits per heavy atom. The van der Waals surface area contributed by atoms with E-state index in [-0.39, 0.29) is 39.7 Å². The molecular formula is C39H54O4. The molecule has 0 radical (unpaired) electrons. The second kappa shape index (κ2) is 10.3. The summed E-state index contributed by atoms with van der Waals surface area (Å²) in [5.41, 5.74) is 2.08. The third kappa shape index (κ3) is 4.35. The van der Waals surface area contributed by atoms with Crippen LogP contribution in [0.4, 0.5) is 0 Å². The average Bonchev–Trinajstić information content (AvgIpc) is 2.96. The van der Waals surface area contributed by atoms with Crippen LogP contribution in [-0.2, 0) is 14.3 Å². The van der Waals surface area contributed by atoms with Gasteiger partial charge in [-0.1, -0.05) is 90.4 Å². The van der Waals surface area contributed by atoms with Gasteiger partial charge in [-0.05, 0) is 115 Å². The predicted octanol–water partition coefficient (Wildman–Crippen LogP) is 9.35. The van der Waals surface area contributed by atoms with Gasteiger partial charge < -0.3 is 9.84 Å². The van der Waals surface area contributed by atoms with Crippen molar-refractivity contribution in [2.24, 2.45) is 56.7 Å². The standard InChI is InChI=1S/C39H54O4/c1-25-17-22-39(34(41)42)24-23-37(6)28(33(39)26(25)2)14-15-30-36(5)20-19-31(35(3,4)29(36)18-21-38(30,37)7)43-32(40)16-13-27-11-9-8-10-12-27/h8-14,16,25-26,29-31,33H,15,17-24H2,1-7H3,(H,41,42)/b16-13+. The van der Waals surface area contributed by atoms with Crippen molar-refractivity contribution in [1.82, 2.24) is 0 Å². The Bertz CT molecular complexity index is 1330. The van der Waals surface area contributed by atoms with Crippen LogP contribution in [0.25, 0.3) is 6.08 Å². The molecule has 6 rings (SSSR count). The summed E-state index contributed by atoms with van der Waals surface area (Å²) in [7, 11) is 0.